The molecule has 0 saturated heterocycles. The van der Waals surface area contributed by atoms with Gasteiger partial charge in [0.05, 0.1) is 0 Å². The third kappa shape index (κ3) is 15.5. The number of carbonyl (C=O) groups is 3. The van der Waals surface area contributed by atoms with Gasteiger partial charge < -0.3 is 21.1 Å². The highest BCUT2D eigenvalue weighted by Gasteiger charge is 2.15. The fourth-order valence-electron chi connectivity index (χ4n) is 2.44. The molecule has 7 heteroatoms. The van der Waals surface area contributed by atoms with Crippen molar-refractivity contribution in [3.63, 3.8) is 0 Å². The van der Waals surface area contributed by atoms with Crippen LogP contribution < -0.4 is 16.0 Å². The Labute approximate surface area is 151 Å². The van der Waals surface area contributed by atoms with Crippen molar-refractivity contribution in [2.75, 3.05) is 13.1 Å². The van der Waals surface area contributed by atoms with Gasteiger partial charge in [0.25, 0.3) is 0 Å². The van der Waals surface area contributed by atoms with E-state index in [4.69, 9.17) is 5.11 Å². The van der Waals surface area contributed by atoms with E-state index in [-0.39, 0.29) is 0 Å². The quantitative estimate of drug-likeness (QED) is 0.338. The first-order valence-electron chi connectivity index (χ1n) is 9.51. The van der Waals surface area contributed by atoms with Gasteiger partial charge in [0.1, 0.15) is 12.6 Å². The van der Waals surface area contributed by atoms with Crippen LogP contribution in [0.4, 0.5) is 4.79 Å². The summed E-state index contributed by atoms with van der Waals surface area (Å²) in [4.78, 5) is 33.5. The zero-order chi connectivity index (χ0) is 18.9. The van der Waals surface area contributed by atoms with E-state index in [1.165, 1.54) is 58.3 Å². The maximum absolute atomic E-state index is 11.6. The second-order valence-corrected chi connectivity index (χ2v) is 6.42. The van der Waals surface area contributed by atoms with E-state index < -0.39 is 30.5 Å². The van der Waals surface area contributed by atoms with E-state index in [1.807, 2.05) is 0 Å². The highest BCUT2D eigenvalue weighted by atomic mass is 16.4. The van der Waals surface area contributed by atoms with Crippen LogP contribution in [0.1, 0.15) is 78.1 Å². The minimum absolute atomic E-state index is 0.408. The molecule has 0 heterocycles. The Morgan fingerprint density at radius 1 is 0.840 bits per heavy atom. The molecule has 0 aliphatic heterocycles. The number of hydrogen-bond acceptors (Lipinski definition) is 3. The maximum atomic E-state index is 11.6. The summed E-state index contributed by atoms with van der Waals surface area (Å²) in [6.45, 7) is 3.86. The Morgan fingerprint density at radius 3 is 1.88 bits per heavy atom. The molecule has 7 nitrogen and oxygen atoms in total. The minimum Gasteiger partial charge on any atom is -0.480 e. The molecular formula is C18H35N3O4. The SMILES string of the molecule is CCCCCCCCCCCCNC(=O)N[C@@H](C)C(=O)NCC(=O)O. The molecule has 0 radical (unpaired) electrons. The predicted octanol–water partition coefficient (Wildman–Crippen LogP) is 2.80. The molecular weight excluding hydrogens is 322 g/mol. The van der Waals surface area contributed by atoms with Crippen molar-refractivity contribution >= 4 is 17.9 Å². The summed E-state index contributed by atoms with van der Waals surface area (Å²) in [6, 6.07) is -1.18. The molecule has 0 fully saturated rings. The molecule has 0 aromatic carbocycles. The molecule has 0 aliphatic carbocycles. The molecule has 0 aliphatic rings. The first-order chi connectivity index (χ1) is 12.0. The van der Waals surface area contributed by atoms with E-state index in [1.54, 1.807) is 0 Å². The second-order valence-electron chi connectivity index (χ2n) is 6.42. The number of aliphatic carboxylic acids is 1. The number of unbranched alkanes of at least 4 members (excludes halogenated alkanes) is 9. The number of urea groups is 1. The number of carbonyl (C=O) groups excluding carboxylic acids is 2. The van der Waals surface area contributed by atoms with E-state index >= 15 is 0 Å². The van der Waals surface area contributed by atoms with Gasteiger partial charge in [-0.2, -0.15) is 0 Å². The molecule has 25 heavy (non-hydrogen) atoms. The summed E-state index contributed by atoms with van der Waals surface area (Å²) >= 11 is 0. The highest BCUT2D eigenvalue weighted by Crippen LogP contribution is 2.10. The number of carboxylic acids is 1. The third-order valence-electron chi connectivity index (χ3n) is 3.97. The Morgan fingerprint density at radius 2 is 1.36 bits per heavy atom. The van der Waals surface area contributed by atoms with Gasteiger partial charge >= 0.3 is 12.0 Å². The molecule has 0 aromatic heterocycles. The normalized spacial score (nSPS) is 11.6. The summed E-state index contributed by atoms with van der Waals surface area (Å²) in [5.74, 6) is -1.64. The van der Waals surface area contributed by atoms with Gasteiger partial charge in [-0.1, -0.05) is 64.7 Å². The number of rotatable bonds is 15. The average molecular weight is 357 g/mol. The predicted molar refractivity (Wildman–Crippen MR) is 98.5 cm³/mol. The number of amides is 3. The van der Waals surface area contributed by atoms with Gasteiger partial charge in [0.15, 0.2) is 0 Å². The van der Waals surface area contributed by atoms with Gasteiger partial charge in [-0.05, 0) is 13.3 Å². The first-order valence-corrected chi connectivity index (χ1v) is 9.51. The smallest absolute Gasteiger partial charge is 0.322 e. The summed E-state index contributed by atoms with van der Waals surface area (Å²) in [5, 5.41) is 15.9. The van der Waals surface area contributed by atoms with E-state index in [9.17, 15) is 14.4 Å². The molecule has 0 bridgehead atoms. The molecule has 0 saturated carbocycles. The zero-order valence-electron chi connectivity index (χ0n) is 15.7. The van der Waals surface area contributed by atoms with E-state index in [2.05, 4.69) is 22.9 Å². The van der Waals surface area contributed by atoms with E-state index in [0.717, 1.165) is 12.8 Å². The molecule has 0 unspecified atom stereocenters. The first kappa shape index (κ1) is 23.2. The van der Waals surface area contributed by atoms with Crippen LogP contribution in [0, 0.1) is 0 Å². The monoisotopic (exact) mass is 357 g/mol. The highest BCUT2D eigenvalue weighted by molar-refractivity contribution is 5.88. The van der Waals surface area contributed by atoms with Gasteiger partial charge in [-0.25, -0.2) is 4.79 Å². The summed E-state index contributed by atoms with van der Waals surface area (Å²) in [7, 11) is 0. The lowest BCUT2D eigenvalue weighted by molar-refractivity contribution is -0.138. The zero-order valence-corrected chi connectivity index (χ0v) is 15.7. The van der Waals surface area contributed by atoms with E-state index in [0.29, 0.717) is 6.54 Å². The molecule has 0 spiro atoms. The second kappa shape index (κ2) is 15.7. The fraction of sp³-hybridized carbons (Fsp3) is 0.833. The molecule has 146 valence electrons. The lowest BCUT2D eigenvalue weighted by Crippen LogP contribution is -2.49. The molecule has 0 rings (SSSR count). The van der Waals surface area contributed by atoms with Gasteiger partial charge in [-0.3, -0.25) is 9.59 Å². The van der Waals surface area contributed by atoms with Crippen molar-refractivity contribution in [2.24, 2.45) is 0 Å². The van der Waals surface area contributed by atoms with Crippen molar-refractivity contribution in [3.05, 3.63) is 0 Å². The average Bonchev–Trinajstić information content (AvgIpc) is 2.57. The largest absolute Gasteiger partial charge is 0.480 e. The number of hydrogen-bond donors (Lipinski definition) is 4. The summed E-state index contributed by atoms with van der Waals surface area (Å²) < 4.78 is 0. The maximum Gasteiger partial charge on any atom is 0.322 e. The number of nitrogens with one attached hydrogen (secondary N) is 3. The van der Waals surface area contributed by atoms with Crippen LogP contribution in [0.3, 0.4) is 0 Å². The van der Waals surface area contributed by atoms with Crippen LogP contribution in [-0.4, -0.2) is 42.1 Å². The minimum atomic E-state index is -1.12. The summed E-state index contributed by atoms with van der Waals surface area (Å²) in [6.07, 6.45) is 12.4. The van der Waals surface area contributed by atoms with Crippen LogP contribution in [0.5, 0.6) is 0 Å². The third-order valence-corrected chi connectivity index (χ3v) is 3.97. The molecule has 1 atom stereocenters. The fourth-order valence-corrected chi connectivity index (χ4v) is 2.44. The Balaban J connectivity index is 3.48. The van der Waals surface area contributed by atoms with Crippen LogP contribution in [-0.2, 0) is 9.59 Å². The molecule has 0 aromatic rings. The molecule has 4 N–H and O–H groups in total. The Bertz CT molecular complexity index is 389. The molecule has 3 amide bonds. The van der Waals surface area contributed by atoms with Crippen LogP contribution >= 0.6 is 0 Å². The Kier molecular flexibility index (Phi) is 14.6. The van der Waals surface area contributed by atoms with Crippen molar-refractivity contribution in [1.29, 1.82) is 0 Å². The standard InChI is InChI=1S/C18H35N3O4/c1-3-4-5-6-7-8-9-10-11-12-13-19-18(25)21-15(2)17(24)20-14-16(22)23/h15H,3-14H2,1-2H3,(H,20,24)(H,22,23)(H2,19,21,25)/t15-/m0/s1. The van der Waals surface area contributed by atoms with Gasteiger partial charge in [0.2, 0.25) is 5.91 Å². The van der Waals surface area contributed by atoms with Crippen molar-refractivity contribution < 1.29 is 19.5 Å². The van der Waals surface area contributed by atoms with Crippen LogP contribution in [0.15, 0.2) is 0 Å². The van der Waals surface area contributed by atoms with Gasteiger partial charge in [0, 0.05) is 6.54 Å². The topological polar surface area (TPSA) is 108 Å². The summed E-state index contributed by atoms with van der Waals surface area (Å²) in [5.41, 5.74) is 0. The lowest BCUT2D eigenvalue weighted by atomic mass is 10.1. The lowest BCUT2D eigenvalue weighted by Gasteiger charge is -2.14. The van der Waals surface area contributed by atoms with Crippen LogP contribution in [0.25, 0.3) is 0 Å². The van der Waals surface area contributed by atoms with Crippen molar-refractivity contribution in [3.8, 4) is 0 Å². The van der Waals surface area contributed by atoms with Crippen molar-refractivity contribution in [1.82, 2.24) is 16.0 Å². The van der Waals surface area contributed by atoms with Crippen LogP contribution in [0.2, 0.25) is 0 Å². The Hall–Kier alpha value is -1.79. The van der Waals surface area contributed by atoms with Crippen molar-refractivity contribution in [2.45, 2.75) is 84.1 Å². The van der Waals surface area contributed by atoms with Gasteiger partial charge in [-0.15, -0.1) is 0 Å². The number of carboxylic acid groups (broad SMARTS) is 1.